The Balaban J connectivity index is 2.98. The lowest BCUT2D eigenvalue weighted by molar-refractivity contribution is 0.600. The summed E-state index contributed by atoms with van der Waals surface area (Å²) in [7, 11) is -3.08. The molecule has 1 rings (SSSR count). The van der Waals surface area contributed by atoms with E-state index in [1.807, 2.05) is 0 Å². The third-order valence-electron chi connectivity index (χ3n) is 1.21. The molecule has 0 unspecified atom stereocenters. The number of anilines is 1. The maximum Gasteiger partial charge on any atom is 0.153 e. The second-order valence-corrected chi connectivity index (χ2v) is 4.60. The van der Waals surface area contributed by atoms with Crippen molar-refractivity contribution in [2.24, 2.45) is 0 Å². The quantitative estimate of drug-likeness (QED) is 0.681. The Kier molecular flexibility index (Phi) is 2.27. The zero-order valence-electron chi connectivity index (χ0n) is 6.56. The first-order valence-corrected chi connectivity index (χ1v) is 5.28. The van der Waals surface area contributed by atoms with Crippen LogP contribution in [0.25, 0.3) is 0 Å². The molecule has 1 heterocycles. The van der Waals surface area contributed by atoms with Crippen molar-refractivity contribution < 1.29 is 8.42 Å². The van der Waals surface area contributed by atoms with Crippen molar-refractivity contribution in [1.29, 1.82) is 0 Å². The lowest BCUT2D eigenvalue weighted by Gasteiger charge is -1.99. The summed E-state index contributed by atoms with van der Waals surface area (Å²) in [6.07, 6.45) is 3.96. The summed E-state index contributed by atoms with van der Waals surface area (Å²) in [4.78, 5) is 7.51. The maximum absolute atomic E-state index is 10.8. The minimum atomic E-state index is -3.08. The molecule has 0 fully saturated rings. The van der Waals surface area contributed by atoms with E-state index in [4.69, 9.17) is 5.73 Å². The summed E-state index contributed by atoms with van der Waals surface area (Å²) >= 11 is 0. The molecule has 0 aliphatic rings. The monoisotopic (exact) mass is 187 g/mol. The van der Waals surface area contributed by atoms with E-state index in [0.29, 0.717) is 5.69 Å². The van der Waals surface area contributed by atoms with Crippen LogP contribution in [0.2, 0.25) is 0 Å². The van der Waals surface area contributed by atoms with Gasteiger partial charge in [0.1, 0.15) is 5.82 Å². The van der Waals surface area contributed by atoms with Gasteiger partial charge in [0, 0.05) is 18.6 Å². The fraction of sp³-hybridized carbons (Fsp3) is 0.333. The van der Waals surface area contributed by atoms with Crippen molar-refractivity contribution in [2.45, 2.75) is 5.75 Å². The molecule has 0 atom stereocenters. The van der Waals surface area contributed by atoms with Gasteiger partial charge >= 0.3 is 0 Å². The lowest BCUT2D eigenvalue weighted by atomic mass is 10.5. The van der Waals surface area contributed by atoms with Gasteiger partial charge in [-0.2, -0.15) is 0 Å². The van der Waals surface area contributed by atoms with Crippen molar-refractivity contribution in [3.8, 4) is 0 Å². The Labute approximate surface area is 70.6 Å². The highest BCUT2D eigenvalue weighted by Crippen LogP contribution is 2.06. The van der Waals surface area contributed by atoms with Crippen molar-refractivity contribution in [3.63, 3.8) is 0 Å². The molecule has 1 aromatic rings. The summed E-state index contributed by atoms with van der Waals surface area (Å²) in [6.45, 7) is 0. The van der Waals surface area contributed by atoms with E-state index in [-0.39, 0.29) is 11.6 Å². The zero-order chi connectivity index (χ0) is 9.19. The third kappa shape index (κ3) is 2.46. The molecule has 0 aliphatic heterocycles. The predicted octanol–water partition coefficient (Wildman–Crippen LogP) is -0.397. The van der Waals surface area contributed by atoms with Gasteiger partial charge in [0.25, 0.3) is 0 Å². The zero-order valence-corrected chi connectivity index (χ0v) is 7.37. The molecular formula is C6H9N3O2S. The Morgan fingerprint density at radius 1 is 1.42 bits per heavy atom. The van der Waals surface area contributed by atoms with Crippen LogP contribution in [0, 0.1) is 0 Å². The van der Waals surface area contributed by atoms with Gasteiger partial charge in [0.2, 0.25) is 0 Å². The highest BCUT2D eigenvalue weighted by molar-refractivity contribution is 7.89. The van der Waals surface area contributed by atoms with Gasteiger partial charge in [-0.05, 0) is 0 Å². The Morgan fingerprint density at radius 3 is 2.50 bits per heavy atom. The van der Waals surface area contributed by atoms with Gasteiger partial charge in [0.15, 0.2) is 9.84 Å². The van der Waals surface area contributed by atoms with E-state index in [1.165, 1.54) is 12.4 Å². The standard InChI is InChI=1S/C6H9N3O2S/c1-12(10,11)4-5-6(7)9-3-2-8-5/h2-3H,4H2,1H3,(H2,7,9). The van der Waals surface area contributed by atoms with Crippen molar-refractivity contribution in [3.05, 3.63) is 18.1 Å². The van der Waals surface area contributed by atoms with E-state index in [9.17, 15) is 8.42 Å². The summed E-state index contributed by atoms with van der Waals surface area (Å²) in [5, 5.41) is 0. The van der Waals surface area contributed by atoms with E-state index in [0.717, 1.165) is 6.26 Å². The minimum Gasteiger partial charge on any atom is -0.382 e. The second kappa shape index (κ2) is 3.06. The maximum atomic E-state index is 10.8. The molecule has 66 valence electrons. The summed E-state index contributed by atoms with van der Waals surface area (Å²) in [5.41, 5.74) is 5.70. The molecule has 6 heteroatoms. The molecule has 0 amide bonds. The van der Waals surface area contributed by atoms with E-state index in [2.05, 4.69) is 9.97 Å². The molecule has 0 saturated heterocycles. The van der Waals surface area contributed by atoms with Crippen molar-refractivity contribution >= 4 is 15.7 Å². The van der Waals surface area contributed by atoms with Gasteiger partial charge in [-0.25, -0.2) is 13.4 Å². The number of sulfone groups is 1. The van der Waals surface area contributed by atoms with Crippen LogP contribution in [0.5, 0.6) is 0 Å². The number of hydrogen-bond donors (Lipinski definition) is 1. The molecule has 5 nitrogen and oxygen atoms in total. The van der Waals surface area contributed by atoms with E-state index >= 15 is 0 Å². The molecule has 12 heavy (non-hydrogen) atoms. The van der Waals surface area contributed by atoms with E-state index < -0.39 is 9.84 Å². The van der Waals surface area contributed by atoms with E-state index in [1.54, 1.807) is 0 Å². The topological polar surface area (TPSA) is 85.9 Å². The van der Waals surface area contributed by atoms with Crippen LogP contribution >= 0.6 is 0 Å². The smallest absolute Gasteiger partial charge is 0.153 e. The lowest BCUT2D eigenvalue weighted by Crippen LogP contribution is -2.07. The van der Waals surface area contributed by atoms with Crippen LogP contribution in [-0.2, 0) is 15.6 Å². The highest BCUT2D eigenvalue weighted by Gasteiger charge is 2.08. The van der Waals surface area contributed by atoms with Crippen LogP contribution in [0.15, 0.2) is 12.4 Å². The molecule has 0 aromatic carbocycles. The first kappa shape index (κ1) is 8.92. The fourth-order valence-corrected chi connectivity index (χ4v) is 1.46. The molecule has 1 aromatic heterocycles. The molecule has 0 aliphatic carbocycles. The van der Waals surface area contributed by atoms with Crippen LogP contribution in [0.3, 0.4) is 0 Å². The van der Waals surface area contributed by atoms with Gasteiger partial charge in [-0.15, -0.1) is 0 Å². The average molecular weight is 187 g/mol. The Hall–Kier alpha value is -1.17. The minimum absolute atomic E-state index is 0.160. The first-order chi connectivity index (χ1) is 5.49. The summed E-state index contributed by atoms with van der Waals surface area (Å²) in [6, 6.07) is 0. The van der Waals surface area contributed by atoms with Gasteiger partial charge in [-0.3, -0.25) is 4.98 Å². The fourth-order valence-electron chi connectivity index (χ4n) is 0.737. The van der Waals surface area contributed by atoms with Crippen LogP contribution < -0.4 is 5.73 Å². The number of nitrogens with two attached hydrogens (primary N) is 1. The molecular weight excluding hydrogens is 178 g/mol. The predicted molar refractivity (Wildman–Crippen MR) is 45.0 cm³/mol. The third-order valence-corrected chi connectivity index (χ3v) is 2.00. The first-order valence-electron chi connectivity index (χ1n) is 3.22. The number of hydrogen-bond acceptors (Lipinski definition) is 5. The summed E-state index contributed by atoms with van der Waals surface area (Å²) < 4.78 is 21.7. The number of rotatable bonds is 2. The van der Waals surface area contributed by atoms with Gasteiger partial charge < -0.3 is 5.73 Å². The molecule has 0 saturated carbocycles. The molecule has 0 bridgehead atoms. The highest BCUT2D eigenvalue weighted by atomic mass is 32.2. The second-order valence-electron chi connectivity index (χ2n) is 2.46. The van der Waals surface area contributed by atoms with Crippen LogP contribution in [0.4, 0.5) is 5.82 Å². The van der Waals surface area contributed by atoms with Gasteiger partial charge in [-0.1, -0.05) is 0 Å². The molecule has 2 N–H and O–H groups in total. The Bertz CT molecular complexity index is 374. The van der Waals surface area contributed by atoms with Crippen LogP contribution in [-0.4, -0.2) is 24.6 Å². The normalized spacial score (nSPS) is 11.4. The number of nitrogens with zero attached hydrogens (tertiary/aromatic N) is 2. The molecule has 0 radical (unpaired) electrons. The number of aromatic nitrogens is 2. The largest absolute Gasteiger partial charge is 0.382 e. The Morgan fingerprint density at radius 2 is 2.00 bits per heavy atom. The van der Waals surface area contributed by atoms with Crippen LogP contribution in [0.1, 0.15) is 5.69 Å². The van der Waals surface area contributed by atoms with Gasteiger partial charge in [0.05, 0.1) is 11.4 Å². The SMILES string of the molecule is CS(=O)(=O)Cc1nccnc1N. The molecule has 0 spiro atoms. The van der Waals surface area contributed by atoms with Crippen molar-refractivity contribution in [1.82, 2.24) is 9.97 Å². The van der Waals surface area contributed by atoms with Crippen molar-refractivity contribution in [2.75, 3.05) is 12.0 Å². The average Bonchev–Trinajstić information content (AvgIpc) is 1.91. The number of nitrogen functional groups attached to an aromatic ring is 1. The summed E-state index contributed by atoms with van der Waals surface area (Å²) in [5.74, 6) is 0.00933.